The summed E-state index contributed by atoms with van der Waals surface area (Å²) in [6.07, 6.45) is 3.08. The number of sulfonamides is 1. The van der Waals surface area contributed by atoms with Crippen molar-refractivity contribution >= 4 is 45.1 Å². The van der Waals surface area contributed by atoms with Gasteiger partial charge in [-0.05, 0) is 36.8 Å². The summed E-state index contributed by atoms with van der Waals surface area (Å²) in [4.78, 5) is 21.7. The van der Waals surface area contributed by atoms with Crippen LogP contribution in [-0.2, 0) is 10.0 Å². The van der Waals surface area contributed by atoms with Crippen molar-refractivity contribution in [2.75, 3.05) is 31.9 Å². The molecule has 2 aromatic heterocycles. The zero-order chi connectivity index (χ0) is 19.9. The number of anilines is 1. The number of benzene rings is 1. The van der Waals surface area contributed by atoms with Crippen LogP contribution in [0.2, 0.25) is 0 Å². The molecule has 1 aliphatic heterocycles. The van der Waals surface area contributed by atoms with Crippen LogP contribution in [0.5, 0.6) is 0 Å². The number of hydrogen-bond donors (Lipinski definition) is 2. The van der Waals surface area contributed by atoms with Crippen LogP contribution in [0, 0.1) is 6.92 Å². The van der Waals surface area contributed by atoms with Crippen LogP contribution in [0.3, 0.4) is 0 Å². The van der Waals surface area contributed by atoms with E-state index in [1.165, 1.54) is 10.5 Å². The third-order valence-corrected chi connectivity index (χ3v) is 6.99. The zero-order valence-electron chi connectivity index (χ0n) is 15.8. The van der Waals surface area contributed by atoms with E-state index in [1.54, 1.807) is 35.4 Å². The van der Waals surface area contributed by atoms with Gasteiger partial charge in [-0.15, -0.1) is 12.4 Å². The van der Waals surface area contributed by atoms with Crippen LogP contribution < -0.4 is 5.73 Å². The number of aryl methyl sites for hydroxylation is 1. The van der Waals surface area contributed by atoms with E-state index in [1.807, 2.05) is 13.0 Å². The summed E-state index contributed by atoms with van der Waals surface area (Å²) >= 11 is 0. The third kappa shape index (κ3) is 3.81. The van der Waals surface area contributed by atoms with Gasteiger partial charge in [0.2, 0.25) is 10.0 Å². The van der Waals surface area contributed by atoms with Crippen LogP contribution in [-0.4, -0.2) is 59.7 Å². The second-order valence-corrected chi connectivity index (χ2v) is 8.73. The van der Waals surface area contributed by atoms with Crippen LogP contribution in [0.25, 0.3) is 11.0 Å². The molecule has 0 saturated carbocycles. The Hall–Kier alpha value is -2.62. The molecule has 3 N–H and O–H groups in total. The van der Waals surface area contributed by atoms with Crippen molar-refractivity contribution in [1.29, 1.82) is 0 Å². The average Bonchev–Trinajstić information content (AvgIpc) is 3.14. The maximum Gasteiger partial charge on any atom is 0.254 e. The molecule has 0 aliphatic carbocycles. The van der Waals surface area contributed by atoms with E-state index in [-0.39, 0.29) is 36.3 Å². The van der Waals surface area contributed by atoms with Crippen molar-refractivity contribution < 1.29 is 13.2 Å². The number of aromatic nitrogens is 2. The molecular weight excluding hydrogens is 414 g/mol. The number of nitrogens with one attached hydrogen (secondary N) is 1. The number of carbonyl (C=O) groups excluding carboxylic acids is 1. The number of piperazine rings is 1. The number of halogens is 1. The molecule has 10 heteroatoms. The molecule has 0 unspecified atom stereocenters. The van der Waals surface area contributed by atoms with Crippen molar-refractivity contribution in [2.24, 2.45) is 0 Å². The molecule has 1 aromatic carbocycles. The molecule has 4 rings (SSSR count). The van der Waals surface area contributed by atoms with Gasteiger partial charge in [-0.25, -0.2) is 13.4 Å². The van der Waals surface area contributed by atoms with E-state index in [0.717, 1.165) is 5.56 Å². The lowest BCUT2D eigenvalue weighted by molar-refractivity contribution is 0.0697. The maximum atomic E-state index is 13.1. The molecule has 1 amide bonds. The minimum absolute atomic E-state index is 0. The normalized spacial score (nSPS) is 15.3. The number of aromatic amines is 1. The molecule has 1 saturated heterocycles. The van der Waals surface area contributed by atoms with Crippen molar-refractivity contribution in [3.05, 3.63) is 53.9 Å². The predicted octanol–water partition coefficient (Wildman–Crippen LogP) is 2.02. The quantitative estimate of drug-likeness (QED) is 0.611. The molecule has 8 nitrogen and oxygen atoms in total. The Morgan fingerprint density at radius 1 is 1.17 bits per heavy atom. The summed E-state index contributed by atoms with van der Waals surface area (Å²) in [5, 5.41) is 0.566. The lowest BCUT2D eigenvalue weighted by atomic mass is 10.1. The van der Waals surface area contributed by atoms with Crippen molar-refractivity contribution in [1.82, 2.24) is 19.2 Å². The summed E-state index contributed by atoms with van der Waals surface area (Å²) in [7, 11) is -3.67. The van der Waals surface area contributed by atoms with Gasteiger partial charge in [0, 0.05) is 55.2 Å². The van der Waals surface area contributed by atoms with Crippen molar-refractivity contribution in [3.8, 4) is 0 Å². The van der Waals surface area contributed by atoms with Gasteiger partial charge in [0.05, 0.1) is 0 Å². The highest BCUT2D eigenvalue weighted by atomic mass is 35.5. The first kappa shape index (κ1) is 21.1. The lowest BCUT2D eigenvalue weighted by Crippen LogP contribution is -2.50. The standard InChI is InChI=1S/C19H21N5O3S.ClH/c1-13-4-5-14(20)11-16(13)19(25)23-7-9-24(10-8-23)28(26,27)17-12-22-18-15(17)3-2-6-21-18;/h2-6,11-12H,7-10,20H2,1H3,(H,21,22);1H. The minimum atomic E-state index is -3.67. The Morgan fingerprint density at radius 3 is 2.62 bits per heavy atom. The van der Waals surface area contributed by atoms with Crippen molar-refractivity contribution in [2.45, 2.75) is 11.8 Å². The number of hydrogen-bond acceptors (Lipinski definition) is 5. The fraction of sp³-hybridized carbons (Fsp3) is 0.263. The van der Waals surface area contributed by atoms with E-state index in [9.17, 15) is 13.2 Å². The monoisotopic (exact) mass is 435 g/mol. The molecule has 3 aromatic rings. The molecule has 1 fully saturated rings. The Morgan fingerprint density at radius 2 is 1.90 bits per heavy atom. The number of nitrogens with two attached hydrogens (primary N) is 1. The molecule has 0 spiro atoms. The highest BCUT2D eigenvalue weighted by Gasteiger charge is 2.32. The first-order chi connectivity index (χ1) is 13.4. The van der Waals surface area contributed by atoms with E-state index in [2.05, 4.69) is 9.97 Å². The number of amides is 1. The van der Waals surface area contributed by atoms with E-state index in [0.29, 0.717) is 35.4 Å². The number of H-pyrrole nitrogens is 1. The Labute approximate surface area is 175 Å². The minimum Gasteiger partial charge on any atom is -0.399 e. The van der Waals surface area contributed by atoms with E-state index in [4.69, 9.17) is 5.73 Å². The molecule has 0 bridgehead atoms. The second kappa shape index (κ2) is 8.02. The Bertz CT molecular complexity index is 1150. The summed E-state index contributed by atoms with van der Waals surface area (Å²) in [5.74, 6) is -0.127. The van der Waals surface area contributed by atoms with Gasteiger partial charge in [0.1, 0.15) is 10.5 Å². The third-order valence-electron chi connectivity index (χ3n) is 5.05. The van der Waals surface area contributed by atoms with Gasteiger partial charge in [0.15, 0.2) is 0 Å². The molecule has 29 heavy (non-hydrogen) atoms. The number of pyridine rings is 1. The topological polar surface area (TPSA) is 112 Å². The average molecular weight is 436 g/mol. The fourth-order valence-electron chi connectivity index (χ4n) is 3.46. The first-order valence-electron chi connectivity index (χ1n) is 8.95. The SMILES string of the molecule is Cc1ccc(N)cc1C(=O)N1CCN(S(=O)(=O)c2c[nH]c3ncccc23)CC1.Cl. The first-order valence-corrected chi connectivity index (χ1v) is 10.4. The van der Waals surface area contributed by atoms with Gasteiger partial charge in [-0.1, -0.05) is 6.07 Å². The smallest absolute Gasteiger partial charge is 0.254 e. The van der Waals surface area contributed by atoms with Crippen LogP contribution >= 0.6 is 12.4 Å². The number of nitrogen functional groups attached to an aromatic ring is 1. The predicted molar refractivity (Wildman–Crippen MR) is 114 cm³/mol. The fourth-order valence-corrected chi connectivity index (χ4v) is 5.03. The number of nitrogens with zero attached hydrogens (tertiary/aromatic N) is 3. The van der Waals surface area contributed by atoms with Gasteiger partial charge in [-0.2, -0.15) is 4.31 Å². The highest BCUT2D eigenvalue weighted by molar-refractivity contribution is 7.89. The van der Waals surface area contributed by atoms with E-state index < -0.39 is 10.0 Å². The molecule has 3 heterocycles. The van der Waals surface area contributed by atoms with Gasteiger partial charge >= 0.3 is 0 Å². The second-order valence-electron chi connectivity index (χ2n) is 6.82. The summed E-state index contributed by atoms with van der Waals surface area (Å²) in [5.41, 5.74) is 8.27. The van der Waals surface area contributed by atoms with Crippen LogP contribution in [0.4, 0.5) is 5.69 Å². The molecule has 0 atom stereocenters. The summed E-state index contributed by atoms with van der Waals surface area (Å²) in [6, 6.07) is 8.68. The number of fused-ring (bicyclic) bond motifs is 1. The molecule has 154 valence electrons. The lowest BCUT2D eigenvalue weighted by Gasteiger charge is -2.34. The summed E-state index contributed by atoms with van der Waals surface area (Å²) in [6.45, 7) is 2.99. The van der Waals surface area contributed by atoms with Crippen LogP contribution in [0.15, 0.2) is 47.6 Å². The van der Waals surface area contributed by atoms with Crippen molar-refractivity contribution in [3.63, 3.8) is 0 Å². The zero-order valence-corrected chi connectivity index (χ0v) is 17.5. The largest absolute Gasteiger partial charge is 0.399 e. The van der Waals surface area contributed by atoms with Crippen LogP contribution in [0.1, 0.15) is 15.9 Å². The molecular formula is C19H22ClN5O3S. The highest BCUT2D eigenvalue weighted by Crippen LogP contribution is 2.25. The molecule has 0 radical (unpaired) electrons. The van der Waals surface area contributed by atoms with Gasteiger partial charge in [0.25, 0.3) is 5.91 Å². The van der Waals surface area contributed by atoms with Gasteiger partial charge in [-0.3, -0.25) is 4.79 Å². The van der Waals surface area contributed by atoms with Gasteiger partial charge < -0.3 is 15.6 Å². The maximum absolute atomic E-state index is 13.1. The Balaban J connectivity index is 0.00000240. The molecule has 1 aliphatic rings. The van der Waals surface area contributed by atoms with E-state index >= 15 is 0 Å². The Kier molecular flexibility index (Phi) is 5.83. The number of rotatable bonds is 3. The summed E-state index contributed by atoms with van der Waals surface area (Å²) < 4.78 is 27.5. The number of carbonyl (C=O) groups is 1.